The Labute approximate surface area is 342 Å². The van der Waals surface area contributed by atoms with E-state index in [-0.39, 0.29) is 26.4 Å². The molecule has 0 bridgehead atoms. The quantitative estimate of drug-likeness (QED) is 0.0912. The predicted octanol–water partition coefficient (Wildman–Crippen LogP) is 6.02. The Balaban J connectivity index is 1.50. The second-order valence-electron chi connectivity index (χ2n) is 15.5. The van der Waals surface area contributed by atoms with Gasteiger partial charge in [-0.2, -0.15) is 0 Å². The van der Waals surface area contributed by atoms with E-state index < -0.39 is 61.9 Å². The zero-order valence-electron chi connectivity index (χ0n) is 33.4. The van der Waals surface area contributed by atoms with E-state index >= 15 is 0 Å². The first kappa shape index (κ1) is 42.5. The number of amides is 1. The third kappa shape index (κ3) is 9.58. The number of rotatable bonds is 16. The highest BCUT2D eigenvalue weighted by atomic mass is 28.4. The van der Waals surface area contributed by atoms with E-state index in [2.05, 4.69) is 45.0 Å². The van der Waals surface area contributed by atoms with Gasteiger partial charge in [-0.25, -0.2) is 9.59 Å². The predicted molar refractivity (Wildman–Crippen MR) is 224 cm³/mol. The number of hydrogen-bond donors (Lipinski definition) is 2. The fraction of sp³-hybridized carbons (Fsp3) is 0.319. The Bertz CT molecular complexity index is 1980. The monoisotopic (exact) mass is 803 g/mol. The molecule has 2 N–H and O–H groups in total. The molecule has 0 aliphatic carbocycles. The van der Waals surface area contributed by atoms with E-state index in [0.29, 0.717) is 0 Å². The van der Waals surface area contributed by atoms with Crippen molar-refractivity contribution in [1.82, 2.24) is 4.90 Å². The van der Waals surface area contributed by atoms with Gasteiger partial charge in [0.05, 0.1) is 39.0 Å². The summed E-state index contributed by atoms with van der Waals surface area (Å²) in [6, 6.07) is 46.3. The Morgan fingerprint density at radius 1 is 0.638 bits per heavy atom. The van der Waals surface area contributed by atoms with E-state index in [9.17, 15) is 19.8 Å². The van der Waals surface area contributed by atoms with Crippen LogP contribution in [-0.4, -0.2) is 85.7 Å². The summed E-state index contributed by atoms with van der Waals surface area (Å²) in [5.41, 5.74) is 2.44. The Kier molecular flexibility index (Phi) is 14.3. The van der Waals surface area contributed by atoms with E-state index in [0.717, 1.165) is 34.2 Å². The molecule has 10 nitrogen and oxygen atoms in total. The molecule has 0 saturated carbocycles. The van der Waals surface area contributed by atoms with Crippen molar-refractivity contribution in [3.63, 3.8) is 0 Å². The third-order valence-corrected chi connectivity index (χ3v) is 15.7. The number of hydrogen-bond acceptors (Lipinski definition) is 9. The number of esters is 1. The fourth-order valence-electron chi connectivity index (χ4n) is 7.89. The number of likely N-dealkylation sites (tertiary alicyclic amines) is 1. The number of aliphatic hydroxyl groups excluding tert-OH is 2. The molecule has 0 unspecified atom stereocenters. The lowest BCUT2D eigenvalue weighted by molar-refractivity contribution is -0.162. The number of nitrogens with zero attached hydrogens (tertiary/aromatic N) is 1. The largest absolute Gasteiger partial charge is 0.467 e. The molecule has 304 valence electrons. The minimum absolute atomic E-state index is 0.0728. The molecule has 5 aromatic carbocycles. The van der Waals surface area contributed by atoms with Gasteiger partial charge in [0.15, 0.2) is 6.10 Å². The van der Waals surface area contributed by atoms with Gasteiger partial charge in [-0.15, -0.1) is 0 Å². The topological polar surface area (TPSA) is 124 Å². The van der Waals surface area contributed by atoms with Gasteiger partial charge in [0, 0.05) is 0 Å². The van der Waals surface area contributed by atoms with E-state index in [1.165, 1.54) is 4.90 Å². The summed E-state index contributed by atoms with van der Waals surface area (Å²) >= 11 is 0. The maximum Gasteiger partial charge on any atom is 0.410 e. The van der Waals surface area contributed by atoms with Gasteiger partial charge in [-0.1, -0.05) is 172 Å². The minimum Gasteiger partial charge on any atom is -0.467 e. The Hall–Kier alpha value is -5.14. The Morgan fingerprint density at radius 3 is 1.48 bits per heavy atom. The normalized spacial score (nSPS) is 19.3. The maximum absolute atomic E-state index is 14.7. The number of benzene rings is 5. The summed E-state index contributed by atoms with van der Waals surface area (Å²) in [7, 11) is -2.10. The van der Waals surface area contributed by atoms with Crippen molar-refractivity contribution in [3.05, 3.63) is 168 Å². The van der Waals surface area contributed by atoms with Gasteiger partial charge in [-0.05, 0) is 32.1 Å². The molecule has 0 aromatic heterocycles. The summed E-state index contributed by atoms with van der Waals surface area (Å²) in [4.78, 5) is 29.0. The fourth-order valence-corrected chi connectivity index (χ4v) is 12.5. The zero-order chi connectivity index (χ0) is 41.1. The lowest BCUT2D eigenvalue weighted by atomic mass is 9.98. The first-order chi connectivity index (χ1) is 28.0. The molecule has 1 fully saturated rings. The van der Waals surface area contributed by atoms with Crippen LogP contribution >= 0.6 is 0 Å². The highest BCUT2D eigenvalue weighted by Gasteiger charge is 2.59. The van der Waals surface area contributed by atoms with Crippen LogP contribution in [0.25, 0.3) is 0 Å². The number of methoxy groups -OCH3 is 1. The molecule has 58 heavy (non-hydrogen) atoms. The van der Waals surface area contributed by atoms with Crippen LogP contribution in [0.5, 0.6) is 0 Å². The SMILES string of the molecule is COC(=O)[C@H](O)[C@@H](O)[C@H]1[C@@H](OCc2ccccc2)[C@H](OCc2ccccc2)[C@@H](CO[Si](c2ccccc2)(c2ccccc2)C(C)(C)C)N1C(=O)OCc1ccccc1. The third-order valence-electron chi connectivity index (χ3n) is 10.7. The zero-order valence-corrected chi connectivity index (χ0v) is 34.4. The minimum atomic E-state index is -3.22. The van der Waals surface area contributed by atoms with Gasteiger partial charge >= 0.3 is 12.1 Å². The number of carbonyl (C=O) groups excluding carboxylic acids is 2. The molecular weight excluding hydrogens is 751 g/mol. The molecule has 1 amide bonds. The number of ether oxygens (including phenoxy) is 4. The van der Waals surface area contributed by atoms with E-state index in [1.807, 2.05) is 127 Å². The van der Waals surface area contributed by atoms with Gasteiger partial charge < -0.3 is 33.6 Å². The second kappa shape index (κ2) is 19.5. The average molecular weight is 804 g/mol. The molecule has 6 rings (SSSR count). The molecule has 11 heteroatoms. The summed E-state index contributed by atoms with van der Waals surface area (Å²) in [5, 5.41) is 25.0. The summed E-state index contributed by atoms with van der Waals surface area (Å²) in [5.74, 6) is -1.07. The van der Waals surface area contributed by atoms with Crippen LogP contribution < -0.4 is 10.4 Å². The molecular formula is C47H53NO9Si. The highest BCUT2D eigenvalue weighted by Crippen LogP contribution is 2.40. The van der Waals surface area contributed by atoms with Crippen LogP contribution in [0.2, 0.25) is 5.04 Å². The van der Waals surface area contributed by atoms with Crippen molar-refractivity contribution in [2.24, 2.45) is 0 Å². The second-order valence-corrected chi connectivity index (χ2v) is 19.8. The first-order valence-electron chi connectivity index (χ1n) is 19.5. The van der Waals surface area contributed by atoms with Gasteiger partial charge in [0.2, 0.25) is 0 Å². The summed E-state index contributed by atoms with van der Waals surface area (Å²) in [6.45, 7) is 6.53. The average Bonchev–Trinajstić information content (AvgIpc) is 3.57. The van der Waals surface area contributed by atoms with Crippen LogP contribution in [0.4, 0.5) is 4.79 Å². The van der Waals surface area contributed by atoms with Gasteiger partial charge in [-0.3, -0.25) is 4.90 Å². The number of carbonyl (C=O) groups is 2. The molecule has 1 saturated heterocycles. The highest BCUT2D eigenvalue weighted by molar-refractivity contribution is 6.99. The van der Waals surface area contributed by atoms with Crippen LogP contribution in [0.1, 0.15) is 37.5 Å². The van der Waals surface area contributed by atoms with Crippen molar-refractivity contribution in [2.75, 3.05) is 13.7 Å². The van der Waals surface area contributed by atoms with Crippen molar-refractivity contribution in [2.45, 2.75) is 82.1 Å². The van der Waals surface area contributed by atoms with E-state index in [4.69, 9.17) is 23.4 Å². The standard InChI is InChI=1S/C47H53NO9Si/c1-47(2,3)58(37-26-16-8-17-27-37,38-28-18-9-19-29-38)57-33-39-43(54-30-34-20-10-5-11-21-34)44(55-31-35-22-12-6-13-23-35)40(41(49)42(50)45(51)53-4)48(39)46(52)56-32-36-24-14-7-15-25-36/h5-29,39-44,49-50H,30-33H2,1-4H3/t39-,40+,41+,42-,43-,44-/m1/s1. The molecule has 1 heterocycles. The van der Waals surface area contributed by atoms with Crippen molar-refractivity contribution >= 4 is 30.8 Å². The van der Waals surface area contributed by atoms with Gasteiger partial charge in [0.25, 0.3) is 8.32 Å². The van der Waals surface area contributed by atoms with Crippen LogP contribution in [0, 0.1) is 0 Å². The molecule has 0 spiro atoms. The van der Waals surface area contributed by atoms with Crippen molar-refractivity contribution in [3.8, 4) is 0 Å². The molecule has 1 aliphatic heterocycles. The lowest BCUT2D eigenvalue weighted by Crippen LogP contribution is -2.67. The molecule has 5 aromatic rings. The molecule has 0 radical (unpaired) electrons. The van der Waals surface area contributed by atoms with Crippen LogP contribution in [0.3, 0.4) is 0 Å². The maximum atomic E-state index is 14.7. The van der Waals surface area contributed by atoms with Crippen LogP contribution in [-0.2, 0) is 48.0 Å². The molecule has 6 atom stereocenters. The van der Waals surface area contributed by atoms with Crippen LogP contribution in [0.15, 0.2) is 152 Å². The van der Waals surface area contributed by atoms with E-state index in [1.54, 1.807) is 0 Å². The Morgan fingerprint density at radius 2 is 1.05 bits per heavy atom. The molecule has 1 aliphatic rings. The van der Waals surface area contributed by atoms with Crippen molar-refractivity contribution in [1.29, 1.82) is 0 Å². The smallest absolute Gasteiger partial charge is 0.410 e. The first-order valence-corrected chi connectivity index (χ1v) is 21.4. The number of aliphatic hydroxyl groups is 2. The lowest BCUT2D eigenvalue weighted by Gasteiger charge is -2.44. The van der Waals surface area contributed by atoms with Gasteiger partial charge in [0.1, 0.15) is 24.9 Å². The summed E-state index contributed by atoms with van der Waals surface area (Å²) in [6.07, 6.45) is -6.75. The summed E-state index contributed by atoms with van der Waals surface area (Å²) < 4.78 is 31.8. The van der Waals surface area contributed by atoms with Crippen molar-refractivity contribution < 1.29 is 43.2 Å².